The molecule has 1 fully saturated rings. The monoisotopic (exact) mass is 411 g/mol. The maximum atomic E-state index is 12.7. The number of piperidine rings is 1. The Morgan fingerprint density at radius 1 is 1.45 bits per heavy atom. The van der Waals surface area contributed by atoms with E-state index in [0.717, 1.165) is 15.6 Å². The van der Waals surface area contributed by atoms with Gasteiger partial charge in [-0.3, -0.25) is 0 Å². The Labute approximate surface area is 131 Å². The van der Waals surface area contributed by atoms with E-state index in [1.54, 1.807) is 0 Å². The quantitative estimate of drug-likeness (QED) is 0.732. The normalized spacial score (nSPS) is 22.1. The van der Waals surface area contributed by atoms with Crippen molar-refractivity contribution in [3.8, 4) is 0 Å². The Morgan fingerprint density at radius 3 is 2.60 bits per heavy atom. The number of sulfonamides is 1. The second kappa shape index (κ2) is 5.75. The van der Waals surface area contributed by atoms with E-state index < -0.39 is 28.7 Å². The van der Waals surface area contributed by atoms with Gasteiger partial charge in [0.25, 0.3) is 10.0 Å². The summed E-state index contributed by atoms with van der Waals surface area (Å²) < 4.78 is 64.1. The number of rotatable bonds is 2. The van der Waals surface area contributed by atoms with Crippen LogP contribution in [0.3, 0.4) is 0 Å². The number of halogens is 5. The highest BCUT2D eigenvalue weighted by atomic mass is 79.9. The number of hydrogen-bond acceptors (Lipinski definition) is 3. The third-order valence-electron chi connectivity index (χ3n) is 3.06. The molecule has 1 aliphatic heterocycles. The molecule has 1 aromatic rings. The largest absolute Gasteiger partial charge is 0.393 e. The number of hydrogen-bond donors (Lipinski definition) is 0. The van der Waals surface area contributed by atoms with Crippen LogP contribution in [0.5, 0.6) is 0 Å². The van der Waals surface area contributed by atoms with Gasteiger partial charge in [0, 0.05) is 13.1 Å². The molecule has 0 amide bonds. The Morgan fingerprint density at radius 2 is 2.10 bits per heavy atom. The van der Waals surface area contributed by atoms with Crippen LogP contribution in [0.15, 0.2) is 14.1 Å². The lowest BCUT2D eigenvalue weighted by molar-refractivity contribution is -0.182. The van der Waals surface area contributed by atoms with Crippen molar-refractivity contribution in [1.29, 1.82) is 0 Å². The molecule has 0 N–H and O–H groups in total. The minimum absolute atomic E-state index is 0.0373. The molecule has 0 radical (unpaired) electrons. The van der Waals surface area contributed by atoms with Crippen LogP contribution in [-0.2, 0) is 10.0 Å². The first-order valence-corrected chi connectivity index (χ1v) is 9.07. The number of thiophene rings is 1. The first-order chi connectivity index (χ1) is 9.12. The summed E-state index contributed by atoms with van der Waals surface area (Å²) in [5.74, 6) is -1.61. The van der Waals surface area contributed by atoms with Gasteiger partial charge in [-0.15, -0.1) is 11.3 Å². The molecule has 10 heteroatoms. The summed E-state index contributed by atoms with van der Waals surface area (Å²) in [5, 5.41) is 0.234. The van der Waals surface area contributed by atoms with Gasteiger partial charge in [0.1, 0.15) is 4.21 Å². The molecule has 0 saturated carbocycles. The van der Waals surface area contributed by atoms with Crippen LogP contribution in [0, 0.1) is 5.92 Å². The van der Waals surface area contributed by atoms with Crippen LogP contribution in [-0.4, -0.2) is 32.0 Å². The minimum Gasteiger partial charge on any atom is -0.206 e. The van der Waals surface area contributed by atoms with Crippen LogP contribution in [0.4, 0.5) is 13.2 Å². The average Bonchev–Trinajstić information content (AvgIpc) is 2.69. The van der Waals surface area contributed by atoms with E-state index in [-0.39, 0.29) is 28.6 Å². The van der Waals surface area contributed by atoms with E-state index >= 15 is 0 Å². The third-order valence-corrected chi connectivity index (χ3v) is 7.85. The van der Waals surface area contributed by atoms with Gasteiger partial charge in [-0.1, -0.05) is 11.6 Å². The van der Waals surface area contributed by atoms with E-state index in [4.69, 9.17) is 11.6 Å². The molecule has 2 heterocycles. The second-order valence-electron chi connectivity index (χ2n) is 4.43. The zero-order valence-electron chi connectivity index (χ0n) is 9.95. The van der Waals surface area contributed by atoms with Crippen LogP contribution < -0.4 is 0 Å². The van der Waals surface area contributed by atoms with Gasteiger partial charge < -0.3 is 0 Å². The van der Waals surface area contributed by atoms with E-state index in [9.17, 15) is 21.6 Å². The van der Waals surface area contributed by atoms with Crippen LogP contribution in [0.25, 0.3) is 0 Å². The molecular weight excluding hydrogens is 403 g/mol. The first-order valence-electron chi connectivity index (χ1n) is 5.64. The smallest absolute Gasteiger partial charge is 0.206 e. The van der Waals surface area contributed by atoms with Gasteiger partial charge in [-0.25, -0.2) is 8.42 Å². The zero-order valence-corrected chi connectivity index (χ0v) is 13.9. The van der Waals surface area contributed by atoms with Gasteiger partial charge in [-0.05, 0) is 34.8 Å². The van der Waals surface area contributed by atoms with Gasteiger partial charge >= 0.3 is 6.18 Å². The Bertz CT molecular complexity index is 583. The summed E-state index contributed by atoms with van der Waals surface area (Å²) in [5.41, 5.74) is 0. The molecule has 0 aromatic carbocycles. The third kappa shape index (κ3) is 3.32. The van der Waals surface area contributed by atoms with Crippen LogP contribution >= 0.6 is 38.9 Å². The molecule has 1 atom stereocenters. The molecule has 2 rings (SSSR count). The zero-order chi connectivity index (χ0) is 15.1. The maximum absolute atomic E-state index is 12.7. The summed E-state index contributed by atoms with van der Waals surface area (Å²) in [6.45, 7) is -0.430. The molecule has 0 bridgehead atoms. The minimum atomic E-state index is -4.37. The van der Waals surface area contributed by atoms with Crippen molar-refractivity contribution in [2.75, 3.05) is 13.1 Å². The molecule has 0 spiro atoms. The van der Waals surface area contributed by atoms with E-state index in [1.165, 1.54) is 6.07 Å². The van der Waals surface area contributed by atoms with Crippen molar-refractivity contribution in [1.82, 2.24) is 4.31 Å². The Hall–Kier alpha value is 0.170. The van der Waals surface area contributed by atoms with Crippen molar-refractivity contribution in [2.24, 2.45) is 5.92 Å². The van der Waals surface area contributed by atoms with Gasteiger partial charge in [0.05, 0.1) is 14.7 Å². The van der Waals surface area contributed by atoms with E-state index in [2.05, 4.69) is 15.9 Å². The number of nitrogens with zero attached hydrogens (tertiary/aromatic N) is 1. The standard InChI is InChI=1S/C10H10BrClF3NO2S2/c11-9-7(12)4-8(19-9)20(17,18)16-3-1-2-6(5-16)10(13,14)15/h4,6H,1-3,5H2. The highest BCUT2D eigenvalue weighted by Gasteiger charge is 2.44. The fourth-order valence-corrected chi connectivity index (χ4v) is 6.09. The SMILES string of the molecule is O=S(=O)(c1cc(Cl)c(Br)s1)N1CCCC(C(F)(F)F)C1. The van der Waals surface area contributed by atoms with Crippen LogP contribution in [0.2, 0.25) is 5.02 Å². The second-order valence-corrected chi connectivity index (χ2v) is 9.37. The molecule has 20 heavy (non-hydrogen) atoms. The molecular formula is C10H10BrClF3NO2S2. The van der Waals surface area contributed by atoms with Gasteiger partial charge in [0.2, 0.25) is 0 Å². The summed E-state index contributed by atoms with van der Waals surface area (Å²) in [6.07, 6.45) is -4.21. The molecule has 1 aliphatic rings. The average molecular weight is 413 g/mol. The molecule has 1 unspecified atom stereocenters. The maximum Gasteiger partial charge on any atom is 0.393 e. The molecule has 3 nitrogen and oxygen atoms in total. The Kier molecular flexibility index (Phi) is 4.76. The molecule has 1 aromatic heterocycles. The first kappa shape index (κ1) is 16.5. The summed E-state index contributed by atoms with van der Waals surface area (Å²) in [4.78, 5) is 0. The summed E-state index contributed by atoms with van der Waals surface area (Å²) in [6, 6.07) is 1.25. The lowest BCUT2D eigenvalue weighted by Gasteiger charge is -2.32. The predicted octanol–water partition coefficient (Wildman–Crippen LogP) is 4.13. The molecule has 1 saturated heterocycles. The molecule has 0 aliphatic carbocycles. The van der Waals surface area contributed by atoms with Gasteiger partial charge in [-0.2, -0.15) is 17.5 Å². The summed E-state index contributed by atoms with van der Waals surface area (Å²) in [7, 11) is -3.92. The van der Waals surface area contributed by atoms with Crippen molar-refractivity contribution in [2.45, 2.75) is 23.2 Å². The van der Waals surface area contributed by atoms with Crippen molar-refractivity contribution >= 4 is 48.9 Å². The Balaban J connectivity index is 2.26. The van der Waals surface area contributed by atoms with Crippen molar-refractivity contribution in [3.05, 3.63) is 14.9 Å². The van der Waals surface area contributed by atoms with E-state index in [1.807, 2.05) is 0 Å². The molecule has 114 valence electrons. The highest BCUT2D eigenvalue weighted by Crippen LogP contribution is 2.39. The van der Waals surface area contributed by atoms with E-state index in [0.29, 0.717) is 3.79 Å². The predicted molar refractivity (Wildman–Crippen MR) is 74.6 cm³/mol. The highest BCUT2D eigenvalue weighted by molar-refractivity contribution is 9.11. The van der Waals surface area contributed by atoms with Crippen LogP contribution in [0.1, 0.15) is 12.8 Å². The lowest BCUT2D eigenvalue weighted by atomic mass is 9.99. The van der Waals surface area contributed by atoms with Crippen molar-refractivity contribution < 1.29 is 21.6 Å². The fourth-order valence-electron chi connectivity index (χ4n) is 2.01. The lowest BCUT2D eigenvalue weighted by Crippen LogP contribution is -2.44. The van der Waals surface area contributed by atoms with Gasteiger partial charge in [0.15, 0.2) is 0 Å². The van der Waals surface area contributed by atoms with Crippen molar-refractivity contribution in [3.63, 3.8) is 0 Å². The summed E-state index contributed by atoms with van der Waals surface area (Å²) >= 11 is 9.77. The fraction of sp³-hybridized carbons (Fsp3) is 0.600. The number of alkyl halides is 3. The topological polar surface area (TPSA) is 37.4 Å².